The van der Waals surface area contributed by atoms with Gasteiger partial charge in [-0.2, -0.15) is 4.99 Å². The summed E-state index contributed by atoms with van der Waals surface area (Å²) in [5.74, 6) is 0.0553. The summed E-state index contributed by atoms with van der Waals surface area (Å²) in [6.45, 7) is 0. The van der Waals surface area contributed by atoms with Crippen LogP contribution in [0.2, 0.25) is 0 Å². The van der Waals surface area contributed by atoms with Crippen molar-refractivity contribution in [1.82, 2.24) is 0 Å². The third-order valence-electron chi connectivity index (χ3n) is 2.69. The van der Waals surface area contributed by atoms with Crippen LogP contribution in [0.5, 0.6) is 0 Å². The van der Waals surface area contributed by atoms with Gasteiger partial charge in [0, 0.05) is 16.5 Å². The molecule has 94 valence electrons. The monoisotopic (exact) mass is 301 g/mol. The summed E-state index contributed by atoms with van der Waals surface area (Å²) < 4.78 is 22.8. The SMILES string of the molecule is O=S1(=O)C=C(Cl)C(SC2=Nc3ccccc3[NH2+]2)C1. The van der Waals surface area contributed by atoms with Crippen LogP contribution in [0.3, 0.4) is 0 Å². The summed E-state index contributed by atoms with van der Waals surface area (Å²) in [6, 6.07) is 7.79. The van der Waals surface area contributed by atoms with E-state index in [0.29, 0.717) is 5.03 Å². The van der Waals surface area contributed by atoms with Crippen LogP contribution in [0, 0.1) is 0 Å². The van der Waals surface area contributed by atoms with E-state index in [0.717, 1.165) is 22.0 Å². The van der Waals surface area contributed by atoms with Crippen molar-refractivity contribution in [2.45, 2.75) is 5.25 Å². The Balaban J connectivity index is 1.76. The molecule has 0 saturated heterocycles. The molecular weight excluding hydrogens is 292 g/mol. The lowest BCUT2D eigenvalue weighted by Crippen LogP contribution is -2.79. The molecule has 0 fully saturated rings. The number of halogens is 1. The standard InChI is InChI=1S/C11H9ClN2O2S2/c12-7-5-18(15,16)6-10(7)17-11-13-8-3-1-2-4-9(8)14-11/h1-5,10H,6H2,(H,13,14)/p+1. The number of sulfone groups is 1. The van der Waals surface area contributed by atoms with Crippen LogP contribution in [-0.2, 0) is 9.84 Å². The van der Waals surface area contributed by atoms with Crippen molar-refractivity contribution in [1.29, 1.82) is 0 Å². The minimum absolute atomic E-state index is 0.0553. The Bertz CT molecular complexity index is 667. The molecule has 0 saturated carbocycles. The Morgan fingerprint density at radius 1 is 1.39 bits per heavy atom. The first kappa shape index (κ1) is 12.2. The largest absolute Gasteiger partial charge is 0.266 e. The van der Waals surface area contributed by atoms with E-state index in [9.17, 15) is 8.42 Å². The van der Waals surface area contributed by atoms with Gasteiger partial charge in [0.1, 0.15) is 5.69 Å². The fourth-order valence-electron chi connectivity index (χ4n) is 1.88. The third-order valence-corrected chi connectivity index (χ3v) is 6.10. The molecule has 3 rings (SSSR count). The molecule has 0 aliphatic carbocycles. The molecule has 0 aromatic heterocycles. The minimum atomic E-state index is -3.14. The number of benzene rings is 1. The van der Waals surface area contributed by atoms with Gasteiger partial charge in [0.15, 0.2) is 15.5 Å². The van der Waals surface area contributed by atoms with Crippen LogP contribution in [0.25, 0.3) is 0 Å². The highest BCUT2D eigenvalue weighted by molar-refractivity contribution is 8.15. The maximum absolute atomic E-state index is 11.4. The van der Waals surface area contributed by atoms with Crippen molar-refractivity contribution < 1.29 is 13.7 Å². The van der Waals surface area contributed by atoms with Gasteiger partial charge in [0.25, 0.3) is 5.17 Å². The molecule has 0 amide bonds. The van der Waals surface area contributed by atoms with Crippen molar-refractivity contribution in [3.05, 3.63) is 34.7 Å². The molecule has 1 aromatic rings. The van der Waals surface area contributed by atoms with Crippen molar-refractivity contribution >= 4 is 49.7 Å². The summed E-state index contributed by atoms with van der Waals surface area (Å²) in [4.78, 5) is 4.44. The van der Waals surface area contributed by atoms with Crippen LogP contribution in [0.1, 0.15) is 0 Å². The third kappa shape index (κ3) is 2.33. The minimum Gasteiger partial charge on any atom is -0.257 e. The Morgan fingerprint density at radius 3 is 2.83 bits per heavy atom. The van der Waals surface area contributed by atoms with Gasteiger partial charge in [-0.05, 0) is 17.8 Å². The smallest absolute Gasteiger partial charge is 0.257 e. The van der Waals surface area contributed by atoms with Crippen molar-refractivity contribution in [2.24, 2.45) is 4.99 Å². The first-order valence-corrected chi connectivity index (χ1v) is 8.30. The molecule has 7 heteroatoms. The van der Waals surface area contributed by atoms with Gasteiger partial charge in [-0.1, -0.05) is 23.7 Å². The molecule has 18 heavy (non-hydrogen) atoms. The molecule has 0 bridgehead atoms. The summed E-state index contributed by atoms with van der Waals surface area (Å²) in [6.07, 6.45) is 0. The van der Waals surface area contributed by atoms with Crippen LogP contribution in [0.4, 0.5) is 11.4 Å². The number of fused-ring (bicyclic) bond motifs is 1. The van der Waals surface area contributed by atoms with Crippen molar-refractivity contribution in [3.8, 4) is 0 Å². The fraction of sp³-hybridized carbons (Fsp3) is 0.182. The number of para-hydroxylation sites is 2. The molecule has 0 radical (unpaired) electrons. The predicted molar refractivity (Wildman–Crippen MR) is 74.2 cm³/mol. The quantitative estimate of drug-likeness (QED) is 0.800. The van der Waals surface area contributed by atoms with E-state index in [1.165, 1.54) is 11.8 Å². The Morgan fingerprint density at radius 2 is 2.17 bits per heavy atom. The number of nitrogens with zero attached hydrogens (tertiary/aromatic N) is 1. The number of hydrogen-bond donors (Lipinski definition) is 1. The average Bonchev–Trinajstić information content (AvgIpc) is 2.79. The average molecular weight is 302 g/mol. The Labute approximate surface area is 114 Å². The maximum atomic E-state index is 11.4. The van der Waals surface area contributed by atoms with E-state index in [4.69, 9.17) is 11.6 Å². The van der Waals surface area contributed by atoms with E-state index >= 15 is 0 Å². The first-order valence-electron chi connectivity index (χ1n) is 5.32. The van der Waals surface area contributed by atoms with Gasteiger partial charge < -0.3 is 0 Å². The summed E-state index contributed by atoms with van der Waals surface area (Å²) >= 11 is 7.34. The van der Waals surface area contributed by atoms with Gasteiger partial charge in [-0.15, -0.1) is 0 Å². The number of nitrogens with two attached hydrogens (primary N) is 1. The van der Waals surface area contributed by atoms with Crippen LogP contribution in [-0.4, -0.2) is 24.6 Å². The highest BCUT2D eigenvalue weighted by Crippen LogP contribution is 2.33. The number of rotatable bonds is 1. The molecule has 2 aliphatic heterocycles. The molecular formula is C11H10ClN2O2S2+. The van der Waals surface area contributed by atoms with E-state index in [-0.39, 0.29) is 11.0 Å². The lowest BCUT2D eigenvalue weighted by molar-refractivity contribution is -0.432. The molecule has 2 N–H and O–H groups in total. The molecule has 2 aliphatic rings. The van der Waals surface area contributed by atoms with Gasteiger partial charge in [-0.3, -0.25) is 5.32 Å². The normalized spacial score (nSPS) is 24.6. The number of quaternary nitrogens is 1. The number of hydrogen-bond acceptors (Lipinski definition) is 4. The fourth-order valence-corrected chi connectivity index (χ4v) is 5.54. The lowest BCUT2D eigenvalue weighted by Gasteiger charge is -2.05. The summed E-state index contributed by atoms with van der Waals surface area (Å²) in [5, 5.41) is 4.06. The summed E-state index contributed by atoms with van der Waals surface area (Å²) in [5.41, 5.74) is 1.97. The van der Waals surface area contributed by atoms with Gasteiger partial charge in [0.2, 0.25) is 0 Å². The zero-order valence-electron chi connectivity index (χ0n) is 9.21. The number of amidine groups is 1. The zero-order chi connectivity index (χ0) is 12.8. The molecule has 1 aromatic carbocycles. The van der Waals surface area contributed by atoms with E-state index in [1.807, 2.05) is 29.6 Å². The van der Waals surface area contributed by atoms with Crippen LogP contribution in [0.15, 0.2) is 39.7 Å². The van der Waals surface area contributed by atoms with Crippen molar-refractivity contribution in [3.63, 3.8) is 0 Å². The van der Waals surface area contributed by atoms with Crippen LogP contribution < -0.4 is 5.32 Å². The van der Waals surface area contributed by atoms with Gasteiger partial charge in [0.05, 0.1) is 11.0 Å². The number of aliphatic imine (C=N–C) groups is 1. The first-order chi connectivity index (χ1) is 8.53. The van der Waals surface area contributed by atoms with E-state index in [2.05, 4.69) is 4.99 Å². The topological polar surface area (TPSA) is 63.1 Å². The summed E-state index contributed by atoms with van der Waals surface area (Å²) in [7, 11) is -3.14. The van der Waals surface area contributed by atoms with E-state index in [1.54, 1.807) is 0 Å². The maximum Gasteiger partial charge on any atom is 0.266 e. The van der Waals surface area contributed by atoms with E-state index < -0.39 is 9.84 Å². The molecule has 1 unspecified atom stereocenters. The predicted octanol–water partition coefficient (Wildman–Crippen LogP) is 1.49. The lowest BCUT2D eigenvalue weighted by atomic mass is 10.3. The van der Waals surface area contributed by atoms with Crippen LogP contribution >= 0.6 is 23.4 Å². The second-order valence-electron chi connectivity index (χ2n) is 4.09. The molecule has 4 nitrogen and oxygen atoms in total. The molecule has 0 spiro atoms. The molecule has 2 heterocycles. The highest BCUT2D eigenvalue weighted by atomic mass is 35.5. The van der Waals surface area contributed by atoms with Gasteiger partial charge >= 0.3 is 0 Å². The van der Waals surface area contributed by atoms with Gasteiger partial charge in [-0.25, -0.2) is 8.42 Å². The number of thioether (sulfide) groups is 1. The second kappa shape index (κ2) is 4.38. The Kier molecular flexibility index (Phi) is 2.97. The Hall–Kier alpha value is -0.820. The second-order valence-corrected chi connectivity index (χ2v) is 7.65. The highest BCUT2D eigenvalue weighted by Gasteiger charge is 2.33. The zero-order valence-corrected chi connectivity index (χ0v) is 11.6. The van der Waals surface area contributed by atoms with Crippen molar-refractivity contribution in [2.75, 3.05) is 5.75 Å². The molecule has 1 atom stereocenters.